The standard InChI is InChI=1S/C17H22O4/c1-7(2)17(20)21-13-6-9-5-12(13)15-8-3-10(14(9)15)11(4-8)16(18)19/h8-15H,1,3-6H2,2H3,(H,18,19)/t8-,9-,10+,11?,12+,13?,14?,15?/m1/s1. The van der Waals surface area contributed by atoms with Gasteiger partial charge < -0.3 is 9.84 Å². The van der Waals surface area contributed by atoms with Crippen LogP contribution in [0, 0.1) is 41.4 Å². The lowest BCUT2D eigenvalue weighted by Crippen LogP contribution is -2.41. The first-order valence-corrected chi connectivity index (χ1v) is 8.06. The van der Waals surface area contributed by atoms with E-state index in [1.165, 1.54) is 0 Å². The third-order valence-electron chi connectivity index (χ3n) is 6.68. The molecule has 4 fully saturated rings. The molecule has 114 valence electrons. The second-order valence-electron chi connectivity index (χ2n) is 7.61. The van der Waals surface area contributed by atoms with Gasteiger partial charge in [-0.2, -0.15) is 0 Å². The lowest BCUT2D eigenvalue weighted by molar-refractivity contribution is -0.150. The zero-order valence-corrected chi connectivity index (χ0v) is 12.3. The normalized spacial score (nSPS) is 49.2. The molecule has 4 bridgehead atoms. The average Bonchev–Trinajstić information content (AvgIpc) is 3.15. The molecule has 4 heteroatoms. The maximum Gasteiger partial charge on any atom is 0.333 e. The zero-order chi connectivity index (χ0) is 14.9. The first-order valence-electron chi connectivity index (χ1n) is 8.06. The lowest BCUT2D eigenvalue weighted by atomic mass is 9.67. The fourth-order valence-corrected chi connectivity index (χ4v) is 6.20. The van der Waals surface area contributed by atoms with E-state index in [1.54, 1.807) is 6.92 Å². The van der Waals surface area contributed by atoms with Gasteiger partial charge in [0, 0.05) is 5.57 Å². The molecule has 4 aliphatic rings. The van der Waals surface area contributed by atoms with Gasteiger partial charge in [-0.25, -0.2) is 4.79 Å². The van der Waals surface area contributed by atoms with Crippen LogP contribution in [0.4, 0.5) is 0 Å². The second kappa shape index (κ2) is 4.34. The van der Waals surface area contributed by atoms with Gasteiger partial charge in [0.25, 0.3) is 0 Å². The molecule has 21 heavy (non-hydrogen) atoms. The van der Waals surface area contributed by atoms with Crippen LogP contribution in [0.5, 0.6) is 0 Å². The van der Waals surface area contributed by atoms with E-state index < -0.39 is 5.97 Å². The van der Waals surface area contributed by atoms with Crippen LogP contribution >= 0.6 is 0 Å². The Hall–Kier alpha value is -1.32. The van der Waals surface area contributed by atoms with E-state index in [0.717, 1.165) is 25.7 Å². The molecular formula is C17H22O4. The summed E-state index contributed by atoms with van der Waals surface area (Å²) in [7, 11) is 0. The van der Waals surface area contributed by atoms with Gasteiger partial charge in [-0.1, -0.05) is 6.58 Å². The number of aliphatic carboxylic acids is 1. The Bertz CT molecular complexity index is 525. The Labute approximate surface area is 124 Å². The molecule has 0 aromatic heterocycles. The maximum atomic E-state index is 11.8. The number of hydrogen-bond acceptors (Lipinski definition) is 3. The summed E-state index contributed by atoms with van der Waals surface area (Å²) in [4.78, 5) is 23.2. The summed E-state index contributed by atoms with van der Waals surface area (Å²) in [6.07, 6.45) is 4.03. The molecule has 0 aromatic rings. The number of fused-ring (bicyclic) bond motifs is 9. The first kappa shape index (κ1) is 13.4. The number of ether oxygens (including phenoxy) is 1. The summed E-state index contributed by atoms with van der Waals surface area (Å²) in [5.74, 6) is 2.15. The molecule has 4 saturated carbocycles. The summed E-state index contributed by atoms with van der Waals surface area (Å²) >= 11 is 0. The van der Waals surface area contributed by atoms with Crippen molar-refractivity contribution in [1.82, 2.24) is 0 Å². The topological polar surface area (TPSA) is 63.6 Å². The van der Waals surface area contributed by atoms with Crippen LogP contribution in [0.1, 0.15) is 32.6 Å². The maximum absolute atomic E-state index is 11.8. The van der Waals surface area contributed by atoms with Crippen molar-refractivity contribution in [2.75, 3.05) is 0 Å². The highest BCUT2D eigenvalue weighted by atomic mass is 16.5. The molecule has 0 aliphatic heterocycles. The quantitative estimate of drug-likeness (QED) is 0.493. The minimum Gasteiger partial charge on any atom is -0.481 e. The smallest absolute Gasteiger partial charge is 0.333 e. The van der Waals surface area contributed by atoms with E-state index in [4.69, 9.17) is 4.74 Å². The van der Waals surface area contributed by atoms with Gasteiger partial charge in [0.05, 0.1) is 5.92 Å². The highest BCUT2D eigenvalue weighted by Gasteiger charge is 2.66. The highest BCUT2D eigenvalue weighted by Crippen LogP contribution is 2.69. The van der Waals surface area contributed by atoms with E-state index in [0.29, 0.717) is 41.1 Å². The van der Waals surface area contributed by atoms with Crippen LogP contribution in [-0.2, 0) is 14.3 Å². The van der Waals surface area contributed by atoms with Gasteiger partial charge in [0.15, 0.2) is 0 Å². The van der Waals surface area contributed by atoms with Crippen LogP contribution in [0.2, 0.25) is 0 Å². The molecule has 8 atom stereocenters. The van der Waals surface area contributed by atoms with Gasteiger partial charge in [0.2, 0.25) is 0 Å². The molecule has 0 aromatic carbocycles. The summed E-state index contributed by atoms with van der Waals surface area (Å²) < 4.78 is 5.64. The second-order valence-corrected chi connectivity index (χ2v) is 7.61. The third-order valence-corrected chi connectivity index (χ3v) is 6.68. The Morgan fingerprint density at radius 2 is 1.67 bits per heavy atom. The molecule has 4 nitrogen and oxygen atoms in total. The number of carboxylic acid groups (broad SMARTS) is 1. The van der Waals surface area contributed by atoms with Crippen molar-refractivity contribution >= 4 is 11.9 Å². The fourth-order valence-electron chi connectivity index (χ4n) is 6.20. The molecule has 0 radical (unpaired) electrons. The zero-order valence-electron chi connectivity index (χ0n) is 12.3. The molecule has 4 unspecified atom stereocenters. The lowest BCUT2D eigenvalue weighted by Gasteiger charge is -2.40. The molecule has 0 saturated heterocycles. The van der Waals surface area contributed by atoms with Crippen molar-refractivity contribution in [1.29, 1.82) is 0 Å². The minimum atomic E-state index is -0.603. The predicted octanol–water partition coefficient (Wildman–Crippen LogP) is 2.49. The largest absolute Gasteiger partial charge is 0.481 e. The molecule has 4 rings (SSSR count). The number of carbonyl (C=O) groups is 2. The third kappa shape index (κ3) is 1.74. The Morgan fingerprint density at radius 3 is 2.33 bits per heavy atom. The van der Waals surface area contributed by atoms with E-state index in [2.05, 4.69) is 6.58 Å². The van der Waals surface area contributed by atoms with Crippen molar-refractivity contribution < 1.29 is 19.4 Å². The minimum absolute atomic E-state index is 0.0445. The van der Waals surface area contributed by atoms with Crippen molar-refractivity contribution in [2.24, 2.45) is 41.4 Å². The van der Waals surface area contributed by atoms with Gasteiger partial charge in [0.1, 0.15) is 6.10 Å². The molecule has 4 aliphatic carbocycles. The molecule has 0 amide bonds. The van der Waals surface area contributed by atoms with Crippen LogP contribution in [0.25, 0.3) is 0 Å². The SMILES string of the molecule is C=C(C)C(=O)OC1C[C@H]2C[C@@H]1C1C2[C@H]2C[C@@H]1CC2C(=O)O. The van der Waals surface area contributed by atoms with Crippen molar-refractivity contribution in [3.63, 3.8) is 0 Å². The highest BCUT2D eigenvalue weighted by molar-refractivity contribution is 5.87. The van der Waals surface area contributed by atoms with E-state index in [-0.39, 0.29) is 18.0 Å². The Balaban J connectivity index is 1.51. The number of esters is 1. The summed E-state index contributed by atoms with van der Waals surface area (Å²) in [5, 5.41) is 9.38. The van der Waals surface area contributed by atoms with Gasteiger partial charge in [-0.05, 0) is 68.1 Å². The van der Waals surface area contributed by atoms with Crippen molar-refractivity contribution in [3.05, 3.63) is 12.2 Å². The molecule has 0 heterocycles. The molecule has 0 spiro atoms. The number of rotatable bonds is 3. The monoisotopic (exact) mass is 290 g/mol. The van der Waals surface area contributed by atoms with Crippen LogP contribution < -0.4 is 0 Å². The van der Waals surface area contributed by atoms with Gasteiger partial charge in [-0.3, -0.25) is 4.79 Å². The molecular weight excluding hydrogens is 268 g/mol. The molecule has 1 N–H and O–H groups in total. The van der Waals surface area contributed by atoms with E-state index in [9.17, 15) is 14.7 Å². The summed E-state index contributed by atoms with van der Waals surface area (Å²) in [6.45, 7) is 5.34. The van der Waals surface area contributed by atoms with Gasteiger partial charge >= 0.3 is 11.9 Å². The number of carbonyl (C=O) groups excluding carboxylic acids is 1. The Morgan fingerprint density at radius 1 is 1.05 bits per heavy atom. The van der Waals surface area contributed by atoms with E-state index >= 15 is 0 Å². The predicted molar refractivity (Wildman–Crippen MR) is 75.2 cm³/mol. The van der Waals surface area contributed by atoms with E-state index in [1.807, 2.05) is 0 Å². The van der Waals surface area contributed by atoms with Gasteiger partial charge in [-0.15, -0.1) is 0 Å². The van der Waals surface area contributed by atoms with Crippen molar-refractivity contribution in [2.45, 2.75) is 38.7 Å². The fraction of sp³-hybridized carbons (Fsp3) is 0.765. The summed E-state index contributed by atoms with van der Waals surface area (Å²) in [6, 6.07) is 0. The van der Waals surface area contributed by atoms with Crippen LogP contribution in [0.15, 0.2) is 12.2 Å². The van der Waals surface area contributed by atoms with Crippen LogP contribution in [-0.4, -0.2) is 23.1 Å². The van der Waals surface area contributed by atoms with Crippen molar-refractivity contribution in [3.8, 4) is 0 Å². The first-order chi connectivity index (χ1) is 9.97. The number of carboxylic acids is 1. The van der Waals surface area contributed by atoms with Crippen LogP contribution in [0.3, 0.4) is 0 Å². The average molecular weight is 290 g/mol. The Kier molecular flexibility index (Phi) is 2.76. The number of hydrogen-bond donors (Lipinski definition) is 1. The summed E-state index contributed by atoms with van der Waals surface area (Å²) in [5.41, 5.74) is 0.466.